The molecule has 8 heteroatoms. The summed E-state index contributed by atoms with van der Waals surface area (Å²) in [5.74, 6) is -1.05. The summed E-state index contributed by atoms with van der Waals surface area (Å²) in [6.45, 7) is 1.09. The minimum absolute atomic E-state index is 0.0335. The standard InChI is InChI=1S/C20H19F4NO3/c21-15-7-3-13(4-8-15)18(20(22,23)24)25-19(26)14-5-9-16(10-6-14)28-12-17-2-1-11-27-17/h3-10,17-18H,1-2,11-12H2,(H,25,26). The molecule has 1 amide bonds. The molecule has 0 radical (unpaired) electrons. The number of nitrogens with one attached hydrogen (secondary N) is 1. The summed E-state index contributed by atoms with van der Waals surface area (Å²) in [6.07, 6.45) is -2.78. The Kier molecular flexibility index (Phi) is 6.18. The molecular formula is C20H19F4NO3. The van der Waals surface area contributed by atoms with E-state index in [4.69, 9.17) is 9.47 Å². The van der Waals surface area contributed by atoms with Crippen molar-refractivity contribution in [2.45, 2.75) is 31.2 Å². The fraction of sp³-hybridized carbons (Fsp3) is 0.350. The van der Waals surface area contributed by atoms with Crippen molar-refractivity contribution in [3.05, 3.63) is 65.5 Å². The SMILES string of the molecule is O=C(NC(c1ccc(F)cc1)C(F)(F)F)c1ccc(OCC2CCCO2)cc1. The molecule has 0 saturated carbocycles. The fourth-order valence-electron chi connectivity index (χ4n) is 2.89. The first-order valence-electron chi connectivity index (χ1n) is 8.80. The highest BCUT2D eigenvalue weighted by Crippen LogP contribution is 2.33. The van der Waals surface area contributed by atoms with Crippen LogP contribution in [0.1, 0.15) is 34.8 Å². The summed E-state index contributed by atoms with van der Waals surface area (Å²) in [5.41, 5.74) is -0.195. The van der Waals surface area contributed by atoms with Gasteiger partial charge in [0.15, 0.2) is 6.04 Å². The Labute approximate surface area is 159 Å². The lowest BCUT2D eigenvalue weighted by molar-refractivity contribution is -0.155. The lowest BCUT2D eigenvalue weighted by atomic mass is 10.1. The van der Waals surface area contributed by atoms with Crippen LogP contribution in [-0.2, 0) is 4.74 Å². The molecule has 28 heavy (non-hydrogen) atoms. The second-order valence-electron chi connectivity index (χ2n) is 6.47. The summed E-state index contributed by atoms with van der Waals surface area (Å²) in [4.78, 5) is 12.3. The maximum absolute atomic E-state index is 13.4. The van der Waals surface area contributed by atoms with Crippen LogP contribution in [0.15, 0.2) is 48.5 Å². The predicted molar refractivity (Wildman–Crippen MR) is 93.6 cm³/mol. The third kappa shape index (κ3) is 5.22. The highest BCUT2D eigenvalue weighted by molar-refractivity contribution is 5.94. The number of hydrogen-bond acceptors (Lipinski definition) is 3. The molecule has 150 valence electrons. The highest BCUT2D eigenvalue weighted by Gasteiger charge is 2.42. The molecule has 2 aromatic carbocycles. The lowest BCUT2D eigenvalue weighted by Gasteiger charge is -2.22. The molecule has 1 aliphatic heterocycles. The van der Waals surface area contributed by atoms with Gasteiger partial charge in [0.05, 0.1) is 6.10 Å². The molecule has 2 atom stereocenters. The largest absolute Gasteiger partial charge is 0.491 e. The Morgan fingerprint density at radius 2 is 1.82 bits per heavy atom. The number of halogens is 4. The van der Waals surface area contributed by atoms with Crippen LogP contribution in [0.2, 0.25) is 0 Å². The van der Waals surface area contributed by atoms with E-state index in [0.717, 1.165) is 37.1 Å². The molecule has 2 aromatic rings. The highest BCUT2D eigenvalue weighted by atomic mass is 19.4. The van der Waals surface area contributed by atoms with E-state index in [0.29, 0.717) is 19.0 Å². The van der Waals surface area contributed by atoms with Crippen LogP contribution in [0.5, 0.6) is 5.75 Å². The van der Waals surface area contributed by atoms with Crippen LogP contribution >= 0.6 is 0 Å². The molecule has 0 bridgehead atoms. The number of rotatable bonds is 6. The Morgan fingerprint density at radius 3 is 2.39 bits per heavy atom. The van der Waals surface area contributed by atoms with Crippen LogP contribution in [0.4, 0.5) is 17.6 Å². The minimum Gasteiger partial charge on any atom is -0.491 e. The van der Waals surface area contributed by atoms with E-state index in [1.54, 1.807) is 0 Å². The van der Waals surface area contributed by atoms with E-state index in [9.17, 15) is 22.4 Å². The molecule has 1 heterocycles. The Morgan fingerprint density at radius 1 is 1.14 bits per heavy atom. The Hall–Kier alpha value is -2.61. The maximum Gasteiger partial charge on any atom is 0.412 e. The number of hydrogen-bond donors (Lipinski definition) is 1. The van der Waals surface area contributed by atoms with Gasteiger partial charge in [-0.15, -0.1) is 0 Å². The first-order chi connectivity index (χ1) is 13.3. The van der Waals surface area contributed by atoms with Gasteiger partial charge in [-0.1, -0.05) is 12.1 Å². The molecule has 4 nitrogen and oxygen atoms in total. The molecule has 3 rings (SSSR count). The topological polar surface area (TPSA) is 47.6 Å². The predicted octanol–water partition coefficient (Wildman–Crippen LogP) is 4.42. The summed E-state index contributed by atoms with van der Waals surface area (Å²) < 4.78 is 64.1. The van der Waals surface area contributed by atoms with Crippen molar-refractivity contribution in [3.8, 4) is 5.75 Å². The van der Waals surface area contributed by atoms with Crippen LogP contribution in [-0.4, -0.2) is 31.4 Å². The number of carbonyl (C=O) groups is 1. The number of amides is 1. The van der Waals surface area contributed by atoms with Gasteiger partial charge in [-0.05, 0) is 54.8 Å². The fourth-order valence-corrected chi connectivity index (χ4v) is 2.89. The van der Waals surface area contributed by atoms with Crippen LogP contribution in [0, 0.1) is 5.82 Å². The molecule has 2 unspecified atom stereocenters. The van der Waals surface area contributed by atoms with E-state index in [2.05, 4.69) is 0 Å². The summed E-state index contributed by atoms with van der Waals surface area (Å²) in [6, 6.07) is 7.40. The molecule has 1 N–H and O–H groups in total. The summed E-state index contributed by atoms with van der Waals surface area (Å²) >= 11 is 0. The number of carbonyl (C=O) groups excluding carboxylic acids is 1. The monoisotopic (exact) mass is 397 g/mol. The average Bonchev–Trinajstić information content (AvgIpc) is 3.18. The lowest BCUT2D eigenvalue weighted by Crippen LogP contribution is -2.38. The number of benzene rings is 2. The van der Waals surface area contributed by atoms with E-state index < -0.39 is 23.9 Å². The van der Waals surface area contributed by atoms with Gasteiger partial charge >= 0.3 is 6.18 Å². The van der Waals surface area contributed by atoms with Crippen molar-refractivity contribution < 1.29 is 31.8 Å². The van der Waals surface area contributed by atoms with E-state index in [1.165, 1.54) is 24.3 Å². The molecule has 1 saturated heterocycles. The smallest absolute Gasteiger partial charge is 0.412 e. The van der Waals surface area contributed by atoms with E-state index in [-0.39, 0.29) is 17.2 Å². The first-order valence-corrected chi connectivity index (χ1v) is 8.80. The zero-order valence-corrected chi connectivity index (χ0v) is 14.8. The zero-order valence-electron chi connectivity index (χ0n) is 14.8. The Bertz CT molecular complexity index is 785. The molecular weight excluding hydrogens is 378 g/mol. The van der Waals surface area contributed by atoms with E-state index in [1.807, 2.05) is 5.32 Å². The van der Waals surface area contributed by atoms with Crippen molar-refractivity contribution in [2.75, 3.05) is 13.2 Å². The Balaban J connectivity index is 1.65. The van der Waals surface area contributed by atoms with Crippen LogP contribution in [0.3, 0.4) is 0 Å². The molecule has 1 aliphatic rings. The van der Waals surface area contributed by atoms with E-state index >= 15 is 0 Å². The quantitative estimate of drug-likeness (QED) is 0.735. The van der Waals surface area contributed by atoms with Gasteiger partial charge in [-0.25, -0.2) is 4.39 Å². The number of alkyl halides is 3. The third-order valence-corrected chi connectivity index (χ3v) is 4.38. The molecule has 0 aromatic heterocycles. The van der Waals surface area contributed by atoms with Gasteiger partial charge in [0.25, 0.3) is 5.91 Å². The summed E-state index contributed by atoms with van der Waals surface area (Å²) in [5, 5.41) is 1.96. The van der Waals surface area contributed by atoms with Gasteiger partial charge in [0, 0.05) is 12.2 Å². The molecule has 1 fully saturated rings. The van der Waals surface area contributed by atoms with Gasteiger partial charge in [0.1, 0.15) is 18.2 Å². The first kappa shape index (κ1) is 20.1. The molecule has 0 aliphatic carbocycles. The normalized spacial score (nSPS) is 17.9. The van der Waals surface area contributed by atoms with Crippen LogP contribution in [0.25, 0.3) is 0 Å². The molecule has 0 spiro atoms. The average molecular weight is 397 g/mol. The van der Waals surface area contributed by atoms with Gasteiger partial charge in [-0.2, -0.15) is 13.2 Å². The maximum atomic E-state index is 13.4. The van der Waals surface area contributed by atoms with Crippen molar-refractivity contribution in [2.24, 2.45) is 0 Å². The summed E-state index contributed by atoms with van der Waals surface area (Å²) in [7, 11) is 0. The number of ether oxygens (including phenoxy) is 2. The van der Waals surface area contributed by atoms with Crippen molar-refractivity contribution in [1.82, 2.24) is 5.32 Å². The van der Waals surface area contributed by atoms with Crippen molar-refractivity contribution >= 4 is 5.91 Å². The van der Waals surface area contributed by atoms with Crippen LogP contribution < -0.4 is 10.1 Å². The second kappa shape index (κ2) is 8.60. The minimum atomic E-state index is -4.72. The zero-order chi connectivity index (χ0) is 20.1. The van der Waals surface area contributed by atoms with Gasteiger partial charge < -0.3 is 14.8 Å². The second-order valence-corrected chi connectivity index (χ2v) is 6.47. The van der Waals surface area contributed by atoms with Crippen molar-refractivity contribution in [1.29, 1.82) is 0 Å². The third-order valence-electron chi connectivity index (χ3n) is 4.38. The van der Waals surface area contributed by atoms with Crippen molar-refractivity contribution in [3.63, 3.8) is 0 Å². The van der Waals surface area contributed by atoms with Gasteiger partial charge in [0.2, 0.25) is 0 Å². The van der Waals surface area contributed by atoms with Gasteiger partial charge in [-0.3, -0.25) is 4.79 Å².